The Morgan fingerprint density at radius 2 is 2.14 bits per heavy atom. The normalized spacial score (nSPS) is 14.6. The molecule has 3 heteroatoms. The van der Waals surface area contributed by atoms with Crippen molar-refractivity contribution in [2.75, 3.05) is 13.2 Å². The maximum absolute atomic E-state index is 12.3. The second-order valence-electron chi connectivity index (χ2n) is 5.70. The summed E-state index contributed by atoms with van der Waals surface area (Å²) >= 11 is 0. The second kappa shape index (κ2) is 7.85. The number of rotatable bonds is 4. The highest BCUT2D eigenvalue weighted by Crippen LogP contribution is 2.26. The van der Waals surface area contributed by atoms with Gasteiger partial charge in [0.15, 0.2) is 0 Å². The number of amides is 1. The molecule has 2 rings (SSSR count). The van der Waals surface area contributed by atoms with Gasteiger partial charge >= 0.3 is 0 Å². The fraction of sp³-hybridized carbons (Fsp3) is 0.500. The number of aryl methyl sites for hydroxylation is 1. The fourth-order valence-electron chi connectivity index (χ4n) is 2.88. The minimum atomic E-state index is -0.198. The van der Waals surface area contributed by atoms with Crippen LogP contribution in [0.2, 0.25) is 0 Å². The number of hydrogen-bond acceptors (Lipinski definition) is 2. The molecule has 0 aliphatic heterocycles. The summed E-state index contributed by atoms with van der Waals surface area (Å²) < 4.78 is 0. The molecular formula is C18H23NO2. The predicted molar refractivity (Wildman–Crippen MR) is 84.1 cm³/mol. The monoisotopic (exact) mass is 285 g/mol. The van der Waals surface area contributed by atoms with E-state index in [1.807, 2.05) is 25.1 Å². The number of benzene rings is 1. The van der Waals surface area contributed by atoms with E-state index in [9.17, 15) is 4.79 Å². The van der Waals surface area contributed by atoms with Crippen molar-refractivity contribution in [1.82, 2.24) is 5.32 Å². The van der Waals surface area contributed by atoms with Gasteiger partial charge in [-0.15, -0.1) is 0 Å². The summed E-state index contributed by atoms with van der Waals surface area (Å²) in [6.45, 7) is 2.49. The Balaban J connectivity index is 1.97. The molecule has 0 unspecified atom stereocenters. The summed E-state index contributed by atoms with van der Waals surface area (Å²) in [5, 5.41) is 11.8. The molecule has 1 amide bonds. The van der Waals surface area contributed by atoms with Crippen LogP contribution in [0, 0.1) is 24.7 Å². The van der Waals surface area contributed by atoms with Crippen molar-refractivity contribution >= 4 is 5.91 Å². The first-order chi connectivity index (χ1) is 10.2. The lowest BCUT2D eigenvalue weighted by molar-refractivity contribution is 0.0951. The highest BCUT2D eigenvalue weighted by Gasteiger charge is 2.15. The number of carbonyl (C=O) groups is 1. The molecule has 21 heavy (non-hydrogen) atoms. The number of carbonyl (C=O) groups excluding carboxylic acids is 1. The SMILES string of the molecule is Cc1ccc(C(=O)NCCC2CCCC2)c(C#CCO)c1. The average Bonchev–Trinajstić information content (AvgIpc) is 2.98. The van der Waals surface area contributed by atoms with Gasteiger partial charge in [-0.25, -0.2) is 0 Å². The molecule has 1 aromatic rings. The highest BCUT2D eigenvalue weighted by molar-refractivity contribution is 5.96. The Labute approximate surface area is 126 Å². The summed E-state index contributed by atoms with van der Waals surface area (Å²) in [6, 6.07) is 5.60. The molecule has 1 aromatic carbocycles. The van der Waals surface area contributed by atoms with E-state index in [-0.39, 0.29) is 12.5 Å². The first-order valence-electron chi connectivity index (χ1n) is 7.69. The molecule has 112 valence electrons. The van der Waals surface area contributed by atoms with Crippen molar-refractivity contribution in [1.29, 1.82) is 0 Å². The first-order valence-corrected chi connectivity index (χ1v) is 7.69. The van der Waals surface area contributed by atoms with Crippen LogP contribution in [0.15, 0.2) is 18.2 Å². The molecule has 2 N–H and O–H groups in total. The van der Waals surface area contributed by atoms with E-state index in [1.54, 1.807) is 0 Å². The summed E-state index contributed by atoms with van der Waals surface area (Å²) in [6.07, 6.45) is 6.32. The van der Waals surface area contributed by atoms with E-state index in [1.165, 1.54) is 25.7 Å². The Kier molecular flexibility index (Phi) is 5.83. The molecule has 0 heterocycles. The number of aliphatic hydroxyl groups is 1. The zero-order valence-corrected chi connectivity index (χ0v) is 12.6. The van der Waals surface area contributed by atoms with Gasteiger partial charge in [-0.1, -0.05) is 43.6 Å². The first kappa shape index (κ1) is 15.6. The Morgan fingerprint density at radius 1 is 1.38 bits per heavy atom. The largest absolute Gasteiger partial charge is 0.384 e. The second-order valence-corrected chi connectivity index (χ2v) is 5.70. The molecular weight excluding hydrogens is 262 g/mol. The van der Waals surface area contributed by atoms with Crippen LogP contribution in [0.4, 0.5) is 0 Å². The minimum absolute atomic E-state index is 0.0739. The van der Waals surface area contributed by atoms with Crippen molar-refractivity contribution in [2.45, 2.75) is 39.0 Å². The van der Waals surface area contributed by atoms with Crippen molar-refractivity contribution in [2.24, 2.45) is 5.92 Å². The van der Waals surface area contributed by atoms with Gasteiger partial charge in [0, 0.05) is 12.1 Å². The fourth-order valence-corrected chi connectivity index (χ4v) is 2.88. The Morgan fingerprint density at radius 3 is 2.86 bits per heavy atom. The zero-order valence-electron chi connectivity index (χ0n) is 12.6. The lowest BCUT2D eigenvalue weighted by atomic mass is 10.0. The molecule has 0 bridgehead atoms. The third-order valence-corrected chi connectivity index (χ3v) is 4.03. The van der Waals surface area contributed by atoms with Gasteiger partial charge in [-0.3, -0.25) is 4.79 Å². The Bertz CT molecular complexity index is 548. The zero-order chi connectivity index (χ0) is 15.1. The van der Waals surface area contributed by atoms with Crippen LogP contribution in [-0.4, -0.2) is 24.2 Å². The van der Waals surface area contributed by atoms with E-state index in [2.05, 4.69) is 17.2 Å². The number of aliphatic hydroxyl groups excluding tert-OH is 1. The molecule has 1 aliphatic carbocycles. The van der Waals surface area contributed by atoms with Crippen molar-refractivity contribution in [3.63, 3.8) is 0 Å². The summed E-state index contributed by atoms with van der Waals surface area (Å²) in [4.78, 5) is 12.3. The molecule has 1 saturated carbocycles. The van der Waals surface area contributed by atoms with E-state index in [4.69, 9.17) is 5.11 Å². The van der Waals surface area contributed by atoms with Crippen molar-refractivity contribution < 1.29 is 9.90 Å². The molecule has 1 aliphatic rings. The van der Waals surface area contributed by atoms with Crippen LogP contribution in [0.25, 0.3) is 0 Å². The molecule has 0 saturated heterocycles. The third-order valence-electron chi connectivity index (χ3n) is 4.03. The lowest BCUT2D eigenvalue weighted by Crippen LogP contribution is -2.26. The molecule has 0 atom stereocenters. The predicted octanol–water partition coefficient (Wildman–Crippen LogP) is 2.65. The highest BCUT2D eigenvalue weighted by atomic mass is 16.2. The van der Waals surface area contributed by atoms with Gasteiger partial charge in [0.1, 0.15) is 6.61 Å². The van der Waals surface area contributed by atoms with Gasteiger partial charge in [0.25, 0.3) is 5.91 Å². The van der Waals surface area contributed by atoms with Gasteiger partial charge in [-0.2, -0.15) is 0 Å². The van der Waals surface area contributed by atoms with Gasteiger partial charge < -0.3 is 10.4 Å². The summed E-state index contributed by atoms with van der Waals surface area (Å²) in [5.74, 6) is 6.17. The topological polar surface area (TPSA) is 49.3 Å². The van der Waals surface area contributed by atoms with Crippen LogP contribution in [0.1, 0.15) is 53.6 Å². The minimum Gasteiger partial charge on any atom is -0.384 e. The van der Waals surface area contributed by atoms with Gasteiger partial charge in [0.05, 0.1) is 5.56 Å². The maximum Gasteiger partial charge on any atom is 0.252 e. The summed E-state index contributed by atoms with van der Waals surface area (Å²) in [5.41, 5.74) is 2.33. The van der Waals surface area contributed by atoms with Crippen LogP contribution < -0.4 is 5.32 Å². The van der Waals surface area contributed by atoms with Crippen LogP contribution in [0.5, 0.6) is 0 Å². The molecule has 0 radical (unpaired) electrons. The molecule has 1 fully saturated rings. The van der Waals surface area contributed by atoms with E-state index < -0.39 is 0 Å². The van der Waals surface area contributed by atoms with Crippen LogP contribution in [0.3, 0.4) is 0 Å². The molecule has 3 nitrogen and oxygen atoms in total. The van der Waals surface area contributed by atoms with E-state index >= 15 is 0 Å². The number of nitrogens with one attached hydrogen (secondary N) is 1. The lowest BCUT2D eigenvalue weighted by Gasteiger charge is -2.11. The van der Waals surface area contributed by atoms with Crippen LogP contribution in [-0.2, 0) is 0 Å². The van der Waals surface area contributed by atoms with Gasteiger partial charge in [-0.05, 0) is 37.0 Å². The summed E-state index contributed by atoms with van der Waals surface area (Å²) in [7, 11) is 0. The maximum atomic E-state index is 12.3. The quantitative estimate of drug-likeness (QED) is 0.836. The van der Waals surface area contributed by atoms with Crippen LogP contribution >= 0.6 is 0 Å². The standard InChI is InChI=1S/C18H23NO2/c1-14-8-9-17(16(13-14)7-4-12-20)18(21)19-11-10-15-5-2-3-6-15/h8-9,13,15,20H,2-3,5-6,10-12H2,1H3,(H,19,21). The Hall–Kier alpha value is -1.79. The molecule has 0 spiro atoms. The number of hydrogen-bond donors (Lipinski definition) is 2. The van der Waals surface area contributed by atoms with Crippen molar-refractivity contribution in [3.8, 4) is 11.8 Å². The van der Waals surface area contributed by atoms with E-state index in [0.717, 1.165) is 24.4 Å². The third kappa shape index (κ3) is 4.61. The van der Waals surface area contributed by atoms with E-state index in [0.29, 0.717) is 11.1 Å². The smallest absolute Gasteiger partial charge is 0.252 e. The average molecular weight is 285 g/mol. The van der Waals surface area contributed by atoms with Crippen molar-refractivity contribution in [3.05, 3.63) is 34.9 Å². The van der Waals surface area contributed by atoms with Gasteiger partial charge in [0.2, 0.25) is 0 Å². The molecule has 0 aromatic heterocycles.